The molecule has 1 spiro atoms. The van der Waals surface area contributed by atoms with E-state index in [0.717, 1.165) is 24.2 Å². The number of likely N-dealkylation sites (tertiary alicyclic amines) is 1. The summed E-state index contributed by atoms with van der Waals surface area (Å²) in [4.78, 5) is 15.4. The van der Waals surface area contributed by atoms with Crippen LogP contribution in [0.1, 0.15) is 30.7 Å². The van der Waals surface area contributed by atoms with Gasteiger partial charge in [-0.2, -0.15) is 4.31 Å². The third-order valence-electron chi connectivity index (χ3n) is 7.10. The molecule has 8 heteroatoms. The highest BCUT2D eigenvalue weighted by Crippen LogP contribution is 2.44. The fraction of sp³-hybridized carbons (Fsp3) is 0.458. The van der Waals surface area contributed by atoms with Crippen molar-refractivity contribution >= 4 is 15.9 Å². The molecule has 0 aromatic heterocycles. The van der Waals surface area contributed by atoms with E-state index >= 15 is 0 Å². The number of benzene rings is 2. The normalized spacial score (nSPS) is 22.5. The zero-order chi connectivity index (χ0) is 22.3. The fourth-order valence-electron chi connectivity index (χ4n) is 5.15. The van der Waals surface area contributed by atoms with Crippen LogP contribution in [0.5, 0.6) is 11.5 Å². The van der Waals surface area contributed by atoms with Gasteiger partial charge in [-0.1, -0.05) is 18.2 Å². The lowest BCUT2D eigenvalue weighted by atomic mass is 9.71. The Morgan fingerprint density at radius 3 is 2.44 bits per heavy atom. The van der Waals surface area contributed by atoms with Gasteiger partial charge in [0.15, 0.2) is 0 Å². The first-order valence-electron chi connectivity index (χ1n) is 11.1. The van der Waals surface area contributed by atoms with E-state index in [0.29, 0.717) is 45.0 Å². The summed E-state index contributed by atoms with van der Waals surface area (Å²) in [7, 11) is -1.96. The molecule has 5 rings (SSSR count). The van der Waals surface area contributed by atoms with E-state index in [1.807, 2.05) is 29.2 Å². The van der Waals surface area contributed by atoms with Crippen LogP contribution in [-0.2, 0) is 14.8 Å². The van der Waals surface area contributed by atoms with Crippen molar-refractivity contribution in [3.63, 3.8) is 0 Å². The molecule has 3 heterocycles. The number of carbonyl (C=O) groups excluding carboxylic acids is 1. The Bertz CT molecular complexity index is 1100. The van der Waals surface area contributed by atoms with Crippen molar-refractivity contribution in [3.05, 3.63) is 54.1 Å². The number of para-hydroxylation sites is 1. The first-order chi connectivity index (χ1) is 15.4. The number of carbonyl (C=O) groups is 1. The first kappa shape index (κ1) is 21.3. The molecule has 2 saturated heterocycles. The minimum absolute atomic E-state index is 0.0340. The molecule has 2 aromatic carbocycles. The monoisotopic (exact) mass is 456 g/mol. The zero-order valence-corrected chi connectivity index (χ0v) is 19.0. The average Bonchev–Trinajstić information content (AvgIpc) is 2.82. The van der Waals surface area contributed by atoms with E-state index in [1.165, 1.54) is 0 Å². The average molecular weight is 457 g/mol. The number of fused-ring (bicyclic) bond motifs is 1. The maximum absolute atomic E-state index is 13.2. The highest BCUT2D eigenvalue weighted by atomic mass is 32.2. The summed E-state index contributed by atoms with van der Waals surface area (Å²) >= 11 is 0. The molecule has 1 unspecified atom stereocenters. The fourth-order valence-corrected chi connectivity index (χ4v) is 6.59. The Balaban J connectivity index is 1.20. The van der Waals surface area contributed by atoms with Gasteiger partial charge in [0.2, 0.25) is 15.9 Å². The van der Waals surface area contributed by atoms with E-state index in [4.69, 9.17) is 9.47 Å². The lowest BCUT2D eigenvalue weighted by Gasteiger charge is -2.54. The maximum atomic E-state index is 13.2. The summed E-state index contributed by atoms with van der Waals surface area (Å²) in [5, 5.41) is 0. The van der Waals surface area contributed by atoms with Crippen molar-refractivity contribution in [1.29, 1.82) is 0 Å². The number of hydrogen-bond acceptors (Lipinski definition) is 5. The van der Waals surface area contributed by atoms with E-state index < -0.39 is 10.0 Å². The molecule has 7 nitrogen and oxygen atoms in total. The molecule has 0 bridgehead atoms. The quantitative estimate of drug-likeness (QED) is 0.707. The molecule has 0 saturated carbocycles. The van der Waals surface area contributed by atoms with Crippen LogP contribution in [0.4, 0.5) is 0 Å². The van der Waals surface area contributed by atoms with Crippen molar-refractivity contribution in [3.8, 4) is 11.5 Å². The summed E-state index contributed by atoms with van der Waals surface area (Å²) in [6.07, 6.45) is 2.25. The molecule has 2 aromatic rings. The highest BCUT2D eigenvalue weighted by Gasteiger charge is 2.49. The largest absolute Gasteiger partial charge is 0.497 e. The van der Waals surface area contributed by atoms with Crippen LogP contribution in [0.3, 0.4) is 0 Å². The van der Waals surface area contributed by atoms with Crippen LogP contribution >= 0.6 is 0 Å². The number of hydrogen-bond donors (Lipinski definition) is 0. The van der Waals surface area contributed by atoms with Crippen molar-refractivity contribution in [1.82, 2.24) is 9.21 Å². The second kappa shape index (κ2) is 8.08. The molecule has 2 fully saturated rings. The van der Waals surface area contributed by atoms with Gasteiger partial charge in [0, 0.05) is 37.2 Å². The molecule has 1 atom stereocenters. The van der Waals surface area contributed by atoms with Crippen LogP contribution in [0, 0.1) is 5.41 Å². The van der Waals surface area contributed by atoms with Gasteiger partial charge in [-0.15, -0.1) is 0 Å². The summed E-state index contributed by atoms with van der Waals surface area (Å²) in [6, 6.07) is 14.3. The summed E-state index contributed by atoms with van der Waals surface area (Å²) in [5.41, 5.74) is 1.01. The third-order valence-corrected chi connectivity index (χ3v) is 9.01. The lowest BCUT2D eigenvalue weighted by molar-refractivity contribution is -0.148. The topological polar surface area (TPSA) is 76.2 Å². The highest BCUT2D eigenvalue weighted by molar-refractivity contribution is 7.89. The van der Waals surface area contributed by atoms with Crippen LogP contribution in [0.25, 0.3) is 0 Å². The molecular formula is C24H28N2O5S. The number of sulfonamides is 1. The molecule has 32 heavy (non-hydrogen) atoms. The minimum atomic E-state index is -3.52. The van der Waals surface area contributed by atoms with Gasteiger partial charge in [0.1, 0.15) is 11.5 Å². The third kappa shape index (κ3) is 3.65. The smallest absolute Gasteiger partial charge is 0.243 e. The predicted octanol–water partition coefficient (Wildman–Crippen LogP) is 2.87. The number of rotatable bonds is 4. The molecule has 170 valence electrons. The van der Waals surface area contributed by atoms with Crippen molar-refractivity contribution in [2.45, 2.75) is 30.1 Å². The Labute approximate surface area is 189 Å². The SMILES string of the molecule is COc1ccc(S(=O)(=O)N2CCC3(CC2)CN(C(=O)C2CCOc4ccccc42)C3)cc1. The molecule has 3 aliphatic rings. The van der Waals surface area contributed by atoms with Gasteiger partial charge in [-0.25, -0.2) is 8.42 Å². The van der Waals surface area contributed by atoms with Gasteiger partial charge in [0.05, 0.1) is 24.5 Å². The number of amides is 1. The van der Waals surface area contributed by atoms with Crippen LogP contribution in [-0.4, -0.2) is 63.4 Å². The molecule has 0 aliphatic carbocycles. The van der Waals surface area contributed by atoms with Crippen LogP contribution in [0.2, 0.25) is 0 Å². The Morgan fingerprint density at radius 2 is 1.75 bits per heavy atom. The standard InChI is InChI=1S/C24H28N2O5S/c1-30-18-6-8-19(9-7-18)32(28,29)26-13-11-24(12-14-26)16-25(17-24)23(27)21-10-15-31-22-5-3-2-4-20(21)22/h2-9,21H,10-17H2,1H3. The van der Waals surface area contributed by atoms with Crippen molar-refractivity contribution < 1.29 is 22.7 Å². The van der Waals surface area contributed by atoms with E-state index in [2.05, 4.69) is 0 Å². The second-order valence-electron chi connectivity index (χ2n) is 9.00. The number of methoxy groups -OCH3 is 1. The van der Waals surface area contributed by atoms with Crippen LogP contribution < -0.4 is 9.47 Å². The summed E-state index contributed by atoms with van der Waals surface area (Å²) in [5.74, 6) is 1.46. The Morgan fingerprint density at radius 1 is 1.06 bits per heavy atom. The summed E-state index contributed by atoms with van der Waals surface area (Å²) < 4.78 is 38.4. The number of nitrogens with zero attached hydrogens (tertiary/aromatic N) is 2. The first-order valence-corrected chi connectivity index (χ1v) is 12.5. The number of ether oxygens (including phenoxy) is 2. The van der Waals surface area contributed by atoms with E-state index in [9.17, 15) is 13.2 Å². The molecular weight excluding hydrogens is 428 g/mol. The van der Waals surface area contributed by atoms with Gasteiger partial charge in [-0.3, -0.25) is 4.79 Å². The zero-order valence-electron chi connectivity index (χ0n) is 18.2. The van der Waals surface area contributed by atoms with Crippen molar-refractivity contribution in [2.75, 3.05) is 39.9 Å². The minimum Gasteiger partial charge on any atom is -0.497 e. The van der Waals surface area contributed by atoms with E-state index in [-0.39, 0.29) is 22.1 Å². The van der Waals surface area contributed by atoms with E-state index in [1.54, 1.807) is 35.7 Å². The van der Waals surface area contributed by atoms with Crippen LogP contribution in [0.15, 0.2) is 53.4 Å². The van der Waals surface area contributed by atoms with Gasteiger partial charge < -0.3 is 14.4 Å². The van der Waals surface area contributed by atoms with Crippen molar-refractivity contribution in [2.24, 2.45) is 5.41 Å². The van der Waals surface area contributed by atoms with Gasteiger partial charge in [0.25, 0.3) is 0 Å². The molecule has 0 N–H and O–H groups in total. The molecule has 0 radical (unpaired) electrons. The maximum Gasteiger partial charge on any atom is 0.243 e. The lowest BCUT2D eigenvalue weighted by Crippen LogP contribution is -2.63. The molecule has 3 aliphatic heterocycles. The Hall–Kier alpha value is -2.58. The molecule has 1 amide bonds. The van der Waals surface area contributed by atoms with Gasteiger partial charge in [-0.05, 0) is 49.6 Å². The second-order valence-corrected chi connectivity index (χ2v) is 10.9. The Kier molecular flexibility index (Phi) is 5.37. The number of piperidine rings is 1. The van der Waals surface area contributed by atoms with Gasteiger partial charge >= 0.3 is 0 Å². The summed E-state index contributed by atoms with van der Waals surface area (Å²) in [6.45, 7) is 2.95. The predicted molar refractivity (Wildman–Crippen MR) is 119 cm³/mol.